The molecule has 0 bridgehead atoms. The molecule has 3 atom stereocenters. The van der Waals surface area contributed by atoms with Crippen LogP contribution in [0.3, 0.4) is 0 Å². The van der Waals surface area contributed by atoms with Gasteiger partial charge in [0.15, 0.2) is 0 Å². The molecule has 1 rings (SSSR count). The molecular formula is C14H28N2O3. The lowest BCUT2D eigenvalue weighted by Gasteiger charge is -2.46. The molecule has 0 radical (unpaired) electrons. The van der Waals surface area contributed by atoms with E-state index in [1.54, 1.807) is 0 Å². The zero-order valence-corrected chi connectivity index (χ0v) is 13.0. The minimum Gasteiger partial charge on any atom is -0.444 e. The third kappa shape index (κ3) is 4.35. The van der Waals surface area contributed by atoms with E-state index in [4.69, 9.17) is 4.74 Å². The highest BCUT2D eigenvalue weighted by Crippen LogP contribution is 2.21. The first-order valence-corrected chi connectivity index (χ1v) is 7.02. The first-order chi connectivity index (χ1) is 8.65. The molecule has 19 heavy (non-hydrogen) atoms. The van der Waals surface area contributed by atoms with E-state index in [0.717, 1.165) is 13.1 Å². The van der Waals surface area contributed by atoms with Crippen molar-refractivity contribution in [2.45, 2.75) is 65.3 Å². The standard InChI is InChI=1S/C14H28N2O3/c1-10-7-15(12(3)9-17)8-11(2)16(10)13(18)19-14(4,5)6/h10-12,17H,7-9H2,1-6H3/t10?,11?,12-/m1/s1. The molecule has 0 saturated carbocycles. The molecule has 0 aliphatic carbocycles. The molecule has 0 aromatic rings. The second-order valence-corrected chi connectivity index (χ2v) is 6.57. The van der Waals surface area contributed by atoms with Gasteiger partial charge in [0.05, 0.1) is 6.61 Å². The molecule has 5 nitrogen and oxygen atoms in total. The number of carbonyl (C=O) groups is 1. The van der Waals surface area contributed by atoms with Crippen LogP contribution < -0.4 is 0 Å². The summed E-state index contributed by atoms with van der Waals surface area (Å²) in [6, 6.07) is 0.311. The lowest BCUT2D eigenvalue weighted by molar-refractivity contribution is -0.0253. The average Bonchev–Trinajstić information content (AvgIpc) is 2.24. The van der Waals surface area contributed by atoms with Gasteiger partial charge in [-0.1, -0.05) is 0 Å². The summed E-state index contributed by atoms with van der Waals surface area (Å²) < 4.78 is 5.46. The Labute approximate surface area is 116 Å². The molecule has 1 amide bonds. The Kier molecular flexibility index (Phi) is 5.21. The molecule has 0 aromatic carbocycles. The highest BCUT2D eigenvalue weighted by molar-refractivity contribution is 5.69. The maximum absolute atomic E-state index is 12.2. The van der Waals surface area contributed by atoms with E-state index in [1.165, 1.54) is 0 Å². The number of piperazine rings is 1. The van der Waals surface area contributed by atoms with Gasteiger partial charge in [-0.2, -0.15) is 0 Å². The Hall–Kier alpha value is -0.810. The Morgan fingerprint density at radius 3 is 2.16 bits per heavy atom. The van der Waals surface area contributed by atoms with Crippen LogP contribution in [-0.4, -0.2) is 64.4 Å². The summed E-state index contributed by atoms with van der Waals surface area (Å²) in [7, 11) is 0. The SMILES string of the molecule is CC1CN([C@H](C)CO)CC(C)N1C(=O)OC(C)(C)C. The molecule has 5 heteroatoms. The van der Waals surface area contributed by atoms with Gasteiger partial charge in [0.25, 0.3) is 0 Å². The number of nitrogens with zero attached hydrogens (tertiary/aromatic N) is 2. The molecular weight excluding hydrogens is 244 g/mol. The molecule has 1 saturated heterocycles. The van der Waals surface area contributed by atoms with Crippen molar-refractivity contribution < 1.29 is 14.6 Å². The molecule has 2 unspecified atom stereocenters. The minimum atomic E-state index is -0.466. The predicted molar refractivity (Wildman–Crippen MR) is 75.1 cm³/mol. The van der Waals surface area contributed by atoms with Gasteiger partial charge in [-0.15, -0.1) is 0 Å². The lowest BCUT2D eigenvalue weighted by atomic mass is 10.1. The van der Waals surface area contributed by atoms with Crippen LogP contribution in [0.5, 0.6) is 0 Å². The molecule has 0 spiro atoms. The zero-order valence-electron chi connectivity index (χ0n) is 13.0. The fourth-order valence-corrected chi connectivity index (χ4v) is 2.51. The van der Waals surface area contributed by atoms with E-state index < -0.39 is 5.60 Å². The molecule has 1 fully saturated rings. The van der Waals surface area contributed by atoms with Crippen LogP contribution in [0.2, 0.25) is 0 Å². The van der Waals surface area contributed by atoms with Gasteiger partial charge < -0.3 is 14.7 Å². The Morgan fingerprint density at radius 1 is 1.32 bits per heavy atom. The normalized spacial score (nSPS) is 27.2. The fourth-order valence-electron chi connectivity index (χ4n) is 2.51. The van der Waals surface area contributed by atoms with Gasteiger partial charge >= 0.3 is 6.09 Å². The number of aliphatic hydroxyl groups is 1. The number of hydrogen-bond donors (Lipinski definition) is 1. The molecule has 1 aliphatic heterocycles. The van der Waals surface area contributed by atoms with Gasteiger partial charge in [0.2, 0.25) is 0 Å². The Bertz CT molecular complexity index is 302. The van der Waals surface area contributed by atoms with Gasteiger partial charge in [-0.05, 0) is 41.5 Å². The summed E-state index contributed by atoms with van der Waals surface area (Å²) in [5, 5.41) is 9.24. The topological polar surface area (TPSA) is 53.0 Å². The average molecular weight is 272 g/mol. The van der Waals surface area contributed by atoms with Crippen molar-refractivity contribution in [1.29, 1.82) is 0 Å². The smallest absolute Gasteiger partial charge is 0.410 e. The number of amides is 1. The monoisotopic (exact) mass is 272 g/mol. The van der Waals surface area contributed by atoms with Gasteiger partial charge in [0, 0.05) is 31.2 Å². The minimum absolute atomic E-state index is 0.0904. The van der Waals surface area contributed by atoms with Crippen LogP contribution in [0, 0.1) is 0 Å². The molecule has 1 N–H and O–H groups in total. The van der Waals surface area contributed by atoms with E-state index in [-0.39, 0.29) is 30.8 Å². The van der Waals surface area contributed by atoms with Gasteiger partial charge in [-0.25, -0.2) is 4.79 Å². The van der Waals surface area contributed by atoms with Gasteiger partial charge in [0.1, 0.15) is 5.60 Å². The predicted octanol–water partition coefficient (Wildman–Crippen LogP) is 1.70. The van der Waals surface area contributed by atoms with Crippen LogP contribution >= 0.6 is 0 Å². The van der Waals surface area contributed by atoms with Crippen LogP contribution in [0.1, 0.15) is 41.5 Å². The number of carbonyl (C=O) groups excluding carboxylic acids is 1. The third-order valence-electron chi connectivity index (χ3n) is 3.44. The summed E-state index contributed by atoms with van der Waals surface area (Å²) in [6.45, 7) is 13.4. The number of aliphatic hydroxyl groups excluding tert-OH is 1. The van der Waals surface area contributed by atoms with E-state index in [0.29, 0.717) is 0 Å². The van der Waals surface area contributed by atoms with Crippen LogP contribution in [-0.2, 0) is 4.74 Å². The maximum Gasteiger partial charge on any atom is 0.410 e. The van der Waals surface area contributed by atoms with Crippen molar-refractivity contribution in [3.05, 3.63) is 0 Å². The Morgan fingerprint density at radius 2 is 1.79 bits per heavy atom. The second kappa shape index (κ2) is 6.09. The van der Waals surface area contributed by atoms with Crippen LogP contribution in [0.4, 0.5) is 4.79 Å². The fraction of sp³-hybridized carbons (Fsp3) is 0.929. The van der Waals surface area contributed by atoms with Gasteiger partial charge in [-0.3, -0.25) is 4.90 Å². The number of ether oxygens (including phenoxy) is 1. The van der Waals surface area contributed by atoms with Crippen molar-refractivity contribution >= 4 is 6.09 Å². The van der Waals surface area contributed by atoms with Crippen molar-refractivity contribution in [2.24, 2.45) is 0 Å². The number of hydrogen-bond acceptors (Lipinski definition) is 4. The summed E-state index contributed by atoms with van der Waals surface area (Å²) in [4.78, 5) is 16.2. The largest absolute Gasteiger partial charge is 0.444 e. The Balaban J connectivity index is 2.70. The van der Waals surface area contributed by atoms with Crippen molar-refractivity contribution in [3.8, 4) is 0 Å². The van der Waals surface area contributed by atoms with Crippen molar-refractivity contribution in [3.63, 3.8) is 0 Å². The number of rotatable bonds is 2. The van der Waals surface area contributed by atoms with Crippen LogP contribution in [0.15, 0.2) is 0 Å². The second-order valence-electron chi connectivity index (χ2n) is 6.57. The highest BCUT2D eigenvalue weighted by Gasteiger charge is 2.36. The maximum atomic E-state index is 12.2. The van der Waals surface area contributed by atoms with E-state index in [2.05, 4.69) is 4.90 Å². The van der Waals surface area contributed by atoms with E-state index >= 15 is 0 Å². The van der Waals surface area contributed by atoms with E-state index in [9.17, 15) is 9.90 Å². The summed E-state index contributed by atoms with van der Waals surface area (Å²) in [6.07, 6.45) is -0.246. The van der Waals surface area contributed by atoms with E-state index in [1.807, 2.05) is 46.4 Å². The quantitative estimate of drug-likeness (QED) is 0.831. The van der Waals surface area contributed by atoms with Crippen LogP contribution in [0.25, 0.3) is 0 Å². The third-order valence-corrected chi connectivity index (χ3v) is 3.44. The van der Waals surface area contributed by atoms with Crippen molar-refractivity contribution in [1.82, 2.24) is 9.80 Å². The first kappa shape index (κ1) is 16.2. The highest BCUT2D eigenvalue weighted by atomic mass is 16.6. The summed E-state index contributed by atoms with van der Waals surface area (Å²) in [5.41, 5.74) is -0.466. The summed E-state index contributed by atoms with van der Waals surface area (Å²) in [5.74, 6) is 0. The van der Waals surface area contributed by atoms with Crippen molar-refractivity contribution in [2.75, 3.05) is 19.7 Å². The zero-order chi connectivity index (χ0) is 14.8. The molecule has 0 aromatic heterocycles. The first-order valence-electron chi connectivity index (χ1n) is 7.02. The summed E-state index contributed by atoms with van der Waals surface area (Å²) >= 11 is 0. The molecule has 112 valence electrons. The molecule has 1 aliphatic rings. The lowest BCUT2D eigenvalue weighted by Crippen LogP contribution is -2.61. The molecule has 1 heterocycles.